The quantitative estimate of drug-likeness (QED) is 0.476. The van der Waals surface area contributed by atoms with Gasteiger partial charge in [0, 0.05) is 7.05 Å². The van der Waals surface area contributed by atoms with Gasteiger partial charge in [0.2, 0.25) is 5.82 Å². The zero-order chi connectivity index (χ0) is 15.4. The molecule has 1 atom stereocenters. The molecule has 1 rings (SSSR count). The van der Waals surface area contributed by atoms with Gasteiger partial charge in [-0.3, -0.25) is 14.9 Å². The first kappa shape index (κ1) is 15.4. The van der Waals surface area contributed by atoms with Gasteiger partial charge in [-0.25, -0.2) is 9.48 Å². The molecule has 0 radical (unpaired) electrons. The number of aromatic nitrogens is 2. The zero-order valence-corrected chi connectivity index (χ0v) is 10.9. The van der Waals surface area contributed by atoms with Gasteiger partial charge in [0.05, 0.1) is 11.3 Å². The molecular formula is C10H14N4O6. The number of nitrogens with one attached hydrogen (secondary N) is 1. The third-order valence-electron chi connectivity index (χ3n) is 2.60. The van der Waals surface area contributed by atoms with E-state index in [-0.39, 0.29) is 17.2 Å². The van der Waals surface area contributed by atoms with E-state index in [9.17, 15) is 19.7 Å². The average molecular weight is 286 g/mol. The van der Waals surface area contributed by atoms with Crippen molar-refractivity contribution in [1.29, 1.82) is 0 Å². The van der Waals surface area contributed by atoms with Crippen molar-refractivity contribution in [2.75, 3.05) is 5.32 Å². The molecule has 1 aromatic rings. The first-order valence-corrected chi connectivity index (χ1v) is 5.69. The molecule has 1 unspecified atom stereocenters. The highest BCUT2D eigenvalue weighted by atomic mass is 16.6. The maximum Gasteiger partial charge on any atom is 0.334 e. The summed E-state index contributed by atoms with van der Waals surface area (Å²) in [6.45, 7) is 1.67. The van der Waals surface area contributed by atoms with Crippen LogP contribution in [0.15, 0.2) is 0 Å². The fraction of sp³-hybridized carbons (Fsp3) is 0.500. The summed E-state index contributed by atoms with van der Waals surface area (Å²) in [6, 6.07) is -1.48. The largest absolute Gasteiger partial charge is 0.481 e. The number of hydrogen-bond donors (Lipinski definition) is 3. The van der Waals surface area contributed by atoms with Gasteiger partial charge in [-0.05, 0) is 6.42 Å². The fourth-order valence-corrected chi connectivity index (χ4v) is 1.70. The summed E-state index contributed by atoms with van der Waals surface area (Å²) in [5.41, 5.74) is -0.147. The number of aliphatic carboxylic acids is 2. The summed E-state index contributed by atoms with van der Waals surface area (Å²) in [7, 11) is 1.41. The molecule has 0 saturated carbocycles. The van der Waals surface area contributed by atoms with E-state index >= 15 is 0 Å². The maximum atomic E-state index is 11.0. The highest BCUT2D eigenvalue weighted by Crippen LogP contribution is 2.29. The van der Waals surface area contributed by atoms with Gasteiger partial charge in [0.1, 0.15) is 11.7 Å². The Kier molecular flexibility index (Phi) is 4.62. The maximum absolute atomic E-state index is 11.0. The van der Waals surface area contributed by atoms with E-state index in [1.165, 1.54) is 7.05 Å². The SMILES string of the molecule is CCc1nn(C)c(NC(CC(=O)O)C(=O)O)c1[N+](=O)[O-]. The molecule has 20 heavy (non-hydrogen) atoms. The van der Waals surface area contributed by atoms with Crippen LogP contribution in [0.25, 0.3) is 0 Å². The first-order chi connectivity index (χ1) is 9.27. The van der Waals surface area contributed by atoms with Gasteiger partial charge >= 0.3 is 17.6 Å². The molecule has 0 aromatic carbocycles. The smallest absolute Gasteiger partial charge is 0.334 e. The van der Waals surface area contributed by atoms with Crippen LogP contribution >= 0.6 is 0 Å². The minimum atomic E-state index is -1.48. The summed E-state index contributed by atoms with van der Waals surface area (Å²) in [4.78, 5) is 32.0. The molecule has 0 aliphatic heterocycles. The molecule has 0 spiro atoms. The summed E-state index contributed by atoms with van der Waals surface area (Å²) in [5, 5.41) is 34.9. The van der Waals surface area contributed by atoms with Crippen LogP contribution in [0.5, 0.6) is 0 Å². The van der Waals surface area contributed by atoms with Crippen molar-refractivity contribution in [2.24, 2.45) is 7.05 Å². The Bertz CT molecular complexity index is 552. The molecule has 0 amide bonds. The van der Waals surface area contributed by atoms with Gasteiger partial charge in [0.25, 0.3) is 0 Å². The van der Waals surface area contributed by atoms with Crippen molar-refractivity contribution < 1.29 is 24.7 Å². The number of nitro groups is 1. The summed E-state index contributed by atoms with van der Waals surface area (Å²) in [6.07, 6.45) is -0.415. The Morgan fingerprint density at radius 3 is 2.50 bits per heavy atom. The van der Waals surface area contributed by atoms with E-state index in [0.717, 1.165) is 4.68 Å². The van der Waals surface area contributed by atoms with Gasteiger partial charge in [0.15, 0.2) is 0 Å². The third kappa shape index (κ3) is 3.22. The molecule has 0 fully saturated rings. The van der Waals surface area contributed by atoms with Gasteiger partial charge in [-0.2, -0.15) is 5.10 Å². The second-order valence-corrected chi connectivity index (χ2v) is 4.01. The van der Waals surface area contributed by atoms with Crippen LogP contribution in [-0.4, -0.2) is 42.9 Å². The van der Waals surface area contributed by atoms with E-state index in [2.05, 4.69) is 10.4 Å². The van der Waals surface area contributed by atoms with Crippen molar-refractivity contribution in [3.63, 3.8) is 0 Å². The normalized spacial score (nSPS) is 11.9. The minimum absolute atomic E-state index is 0.125. The van der Waals surface area contributed by atoms with E-state index in [4.69, 9.17) is 10.2 Å². The lowest BCUT2D eigenvalue weighted by atomic mass is 10.2. The predicted molar refractivity (Wildman–Crippen MR) is 66.5 cm³/mol. The Hall–Kier alpha value is -2.65. The lowest BCUT2D eigenvalue weighted by molar-refractivity contribution is -0.384. The number of hydrogen-bond acceptors (Lipinski definition) is 6. The van der Waals surface area contributed by atoms with Crippen LogP contribution in [0.4, 0.5) is 11.5 Å². The van der Waals surface area contributed by atoms with Crippen LogP contribution in [0.3, 0.4) is 0 Å². The van der Waals surface area contributed by atoms with Crippen LogP contribution in [0.1, 0.15) is 19.0 Å². The number of carbonyl (C=O) groups is 2. The molecule has 0 bridgehead atoms. The van der Waals surface area contributed by atoms with E-state index in [0.29, 0.717) is 6.42 Å². The van der Waals surface area contributed by atoms with Crippen molar-refractivity contribution in [2.45, 2.75) is 25.8 Å². The second kappa shape index (κ2) is 5.99. The van der Waals surface area contributed by atoms with Crippen LogP contribution in [0, 0.1) is 10.1 Å². The summed E-state index contributed by atoms with van der Waals surface area (Å²) in [5.74, 6) is -2.87. The number of carboxylic acids is 2. The number of aryl methyl sites for hydroxylation is 2. The second-order valence-electron chi connectivity index (χ2n) is 4.01. The lowest BCUT2D eigenvalue weighted by Crippen LogP contribution is -2.32. The number of rotatable bonds is 7. The van der Waals surface area contributed by atoms with E-state index in [1.807, 2.05) is 0 Å². The Labute approximate surface area is 113 Å². The fourth-order valence-electron chi connectivity index (χ4n) is 1.70. The molecule has 10 heteroatoms. The highest BCUT2D eigenvalue weighted by Gasteiger charge is 2.30. The zero-order valence-electron chi connectivity index (χ0n) is 10.9. The van der Waals surface area contributed by atoms with Crippen LogP contribution < -0.4 is 5.32 Å². The Morgan fingerprint density at radius 2 is 2.10 bits per heavy atom. The molecule has 0 aliphatic carbocycles. The minimum Gasteiger partial charge on any atom is -0.481 e. The molecule has 1 aromatic heterocycles. The number of nitrogens with zero attached hydrogens (tertiary/aromatic N) is 3. The van der Waals surface area contributed by atoms with Gasteiger partial charge < -0.3 is 15.5 Å². The lowest BCUT2D eigenvalue weighted by Gasteiger charge is -2.13. The Morgan fingerprint density at radius 1 is 1.50 bits per heavy atom. The molecule has 0 saturated heterocycles. The van der Waals surface area contributed by atoms with Gasteiger partial charge in [-0.1, -0.05) is 6.92 Å². The standard InChI is InChI=1S/C10H14N4O6/c1-3-5-8(14(19)20)9(13(2)12-5)11-6(10(17)18)4-7(15)16/h6,11H,3-4H2,1-2H3,(H,15,16)(H,17,18). The number of carboxylic acid groups (broad SMARTS) is 2. The molecule has 1 heterocycles. The predicted octanol–water partition coefficient (Wildman–Crippen LogP) is 0.230. The van der Waals surface area contributed by atoms with Crippen molar-refractivity contribution in [3.05, 3.63) is 15.8 Å². The average Bonchev–Trinajstić information content (AvgIpc) is 2.64. The molecule has 10 nitrogen and oxygen atoms in total. The first-order valence-electron chi connectivity index (χ1n) is 5.69. The van der Waals surface area contributed by atoms with Crippen LogP contribution in [-0.2, 0) is 23.1 Å². The topological polar surface area (TPSA) is 148 Å². The van der Waals surface area contributed by atoms with E-state index in [1.54, 1.807) is 6.92 Å². The van der Waals surface area contributed by atoms with Crippen molar-refractivity contribution in [1.82, 2.24) is 9.78 Å². The monoisotopic (exact) mass is 286 g/mol. The van der Waals surface area contributed by atoms with Crippen LogP contribution in [0.2, 0.25) is 0 Å². The van der Waals surface area contributed by atoms with Crippen molar-refractivity contribution >= 4 is 23.4 Å². The molecule has 3 N–H and O–H groups in total. The molecule has 110 valence electrons. The molecule has 0 aliphatic rings. The van der Waals surface area contributed by atoms with E-state index < -0.39 is 29.3 Å². The Balaban J connectivity index is 3.18. The van der Waals surface area contributed by atoms with Crippen molar-refractivity contribution in [3.8, 4) is 0 Å². The third-order valence-corrected chi connectivity index (χ3v) is 2.60. The number of anilines is 1. The van der Waals surface area contributed by atoms with Gasteiger partial charge in [-0.15, -0.1) is 0 Å². The molecular weight excluding hydrogens is 272 g/mol. The summed E-state index contributed by atoms with van der Waals surface area (Å²) < 4.78 is 1.13. The summed E-state index contributed by atoms with van der Waals surface area (Å²) >= 11 is 0. The highest BCUT2D eigenvalue weighted by molar-refractivity contribution is 5.84.